The van der Waals surface area contributed by atoms with E-state index in [2.05, 4.69) is 5.32 Å². The normalized spacial score (nSPS) is 10.8. The van der Waals surface area contributed by atoms with Gasteiger partial charge in [0.2, 0.25) is 0 Å². The standard InChI is InChI=1S/C9H16NO4/c1-9(2,3)14-8(13)10-6-4-5-7(11)12/h5H,4,6H2,1-3H3,(H,10,13)(H,11,12). The summed E-state index contributed by atoms with van der Waals surface area (Å²) in [6, 6.07) is 0. The number of ether oxygens (including phenoxy) is 1. The molecule has 1 amide bonds. The summed E-state index contributed by atoms with van der Waals surface area (Å²) >= 11 is 0. The van der Waals surface area contributed by atoms with E-state index in [1.165, 1.54) is 0 Å². The van der Waals surface area contributed by atoms with Gasteiger partial charge in [-0.3, -0.25) is 4.79 Å². The van der Waals surface area contributed by atoms with Crippen molar-refractivity contribution in [3.63, 3.8) is 0 Å². The smallest absolute Gasteiger partial charge is 0.407 e. The van der Waals surface area contributed by atoms with Crippen molar-refractivity contribution in [2.75, 3.05) is 6.54 Å². The first kappa shape index (κ1) is 12.7. The van der Waals surface area contributed by atoms with Gasteiger partial charge < -0.3 is 15.2 Å². The summed E-state index contributed by atoms with van der Waals surface area (Å²) in [6.45, 7) is 5.54. The van der Waals surface area contributed by atoms with Gasteiger partial charge in [-0.1, -0.05) is 0 Å². The summed E-state index contributed by atoms with van der Waals surface area (Å²) in [6.07, 6.45) is 0.836. The highest BCUT2D eigenvalue weighted by Gasteiger charge is 2.15. The molecule has 0 aliphatic carbocycles. The fraction of sp³-hybridized carbons (Fsp3) is 0.667. The van der Waals surface area contributed by atoms with Crippen LogP contribution in [0.25, 0.3) is 0 Å². The number of carbonyl (C=O) groups excluding carboxylic acids is 1. The van der Waals surface area contributed by atoms with Crippen molar-refractivity contribution in [1.82, 2.24) is 5.32 Å². The van der Waals surface area contributed by atoms with Crippen LogP contribution in [-0.4, -0.2) is 29.3 Å². The molecule has 14 heavy (non-hydrogen) atoms. The van der Waals surface area contributed by atoms with Crippen molar-refractivity contribution in [3.8, 4) is 0 Å². The molecule has 0 spiro atoms. The predicted molar refractivity (Wildman–Crippen MR) is 50.8 cm³/mol. The quantitative estimate of drug-likeness (QED) is 0.671. The molecule has 0 aromatic carbocycles. The Labute approximate surface area is 83.4 Å². The van der Waals surface area contributed by atoms with E-state index in [0.29, 0.717) is 0 Å². The van der Waals surface area contributed by atoms with Crippen LogP contribution in [-0.2, 0) is 9.53 Å². The number of alkyl carbamates (subject to hydrolysis) is 1. The zero-order valence-corrected chi connectivity index (χ0v) is 8.66. The number of carbonyl (C=O) groups is 2. The molecule has 5 nitrogen and oxygen atoms in total. The summed E-state index contributed by atoms with van der Waals surface area (Å²) < 4.78 is 4.93. The molecule has 81 valence electrons. The maximum Gasteiger partial charge on any atom is 0.407 e. The highest BCUT2D eigenvalue weighted by atomic mass is 16.6. The van der Waals surface area contributed by atoms with Gasteiger partial charge in [0.1, 0.15) is 5.60 Å². The van der Waals surface area contributed by atoms with Gasteiger partial charge >= 0.3 is 12.1 Å². The number of carboxylic acids is 1. The fourth-order valence-corrected chi connectivity index (χ4v) is 0.684. The second-order valence-corrected chi connectivity index (χ2v) is 3.76. The maximum atomic E-state index is 11.0. The maximum absolute atomic E-state index is 11.0. The molecule has 0 aliphatic rings. The number of nitrogens with one attached hydrogen (secondary N) is 1. The van der Waals surface area contributed by atoms with Crippen LogP contribution in [0.4, 0.5) is 4.79 Å². The number of amides is 1. The number of aliphatic carboxylic acids is 1. The van der Waals surface area contributed by atoms with Gasteiger partial charge in [0.25, 0.3) is 0 Å². The lowest BCUT2D eigenvalue weighted by Gasteiger charge is -2.19. The number of hydrogen-bond donors (Lipinski definition) is 2. The van der Waals surface area contributed by atoms with E-state index in [4.69, 9.17) is 9.84 Å². The molecule has 0 saturated heterocycles. The molecular weight excluding hydrogens is 186 g/mol. The molecule has 0 atom stereocenters. The first-order valence-electron chi connectivity index (χ1n) is 4.34. The van der Waals surface area contributed by atoms with Crippen LogP contribution in [0, 0.1) is 6.42 Å². The molecule has 0 unspecified atom stereocenters. The van der Waals surface area contributed by atoms with Crippen LogP contribution in [0.3, 0.4) is 0 Å². The summed E-state index contributed by atoms with van der Waals surface area (Å²) in [7, 11) is 0. The predicted octanol–water partition coefficient (Wildman–Crippen LogP) is 1.19. The van der Waals surface area contributed by atoms with Crippen molar-refractivity contribution in [3.05, 3.63) is 6.42 Å². The van der Waals surface area contributed by atoms with Crippen LogP contribution >= 0.6 is 0 Å². The van der Waals surface area contributed by atoms with Crippen LogP contribution in [0.2, 0.25) is 0 Å². The van der Waals surface area contributed by atoms with Gasteiger partial charge in [-0.15, -0.1) is 0 Å². The van der Waals surface area contributed by atoms with E-state index in [1.807, 2.05) is 0 Å². The van der Waals surface area contributed by atoms with Gasteiger partial charge in [-0.25, -0.2) is 4.79 Å². The Balaban J connectivity index is 3.50. The van der Waals surface area contributed by atoms with Crippen LogP contribution in [0.15, 0.2) is 0 Å². The fourth-order valence-electron chi connectivity index (χ4n) is 0.684. The van der Waals surface area contributed by atoms with Crippen molar-refractivity contribution in [1.29, 1.82) is 0 Å². The summed E-state index contributed by atoms with van der Waals surface area (Å²) in [5, 5.41) is 10.7. The molecule has 0 saturated carbocycles. The van der Waals surface area contributed by atoms with E-state index in [1.54, 1.807) is 20.8 Å². The van der Waals surface area contributed by atoms with Crippen LogP contribution in [0.1, 0.15) is 27.2 Å². The van der Waals surface area contributed by atoms with Gasteiger partial charge in [-0.05, 0) is 27.2 Å². The lowest BCUT2D eigenvalue weighted by Crippen LogP contribution is -2.33. The average molecular weight is 202 g/mol. The molecule has 0 rings (SSSR count). The molecule has 0 fully saturated rings. The van der Waals surface area contributed by atoms with Crippen molar-refractivity contribution >= 4 is 12.1 Å². The minimum atomic E-state index is -0.990. The SMILES string of the molecule is CC(C)(C)OC(=O)NCC[CH]C(=O)O. The second-order valence-electron chi connectivity index (χ2n) is 3.76. The minimum Gasteiger partial charge on any atom is -0.481 e. The Morgan fingerprint density at radius 3 is 2.43 bits per heavy atom. The molecule has 2 N–H and O–H groups in total. The van der Waals surface area contributed by atoms with Gasteiger partial charge in [0.15, 0.2) is 0 Å². The summed E-state index contributed by atoms with van der Waals surface area (Å²) in [4.78, 5) is 21.1. The summed E-state index contributed by atoms with van der Waals surface area (Å²) in [5.74, 6) is -0.990. The molecule has 0 aliphatic heterocycles. The van der Waals surface area contributed by atoms with E-state index in [9.17, 15) is 9.59 Å². The van der Waals surface area contributed by atoms with Crippen molar-refractivity contribution < 1.29 is 19.4 Å². The zero-order valence-electron chi connectivity index (χ0n) is 8.66. The third-order valence-corrected chi connectivity index (χ3v) is 1.13. The van der Waals surface area contributed by atoms with Crippen molar-refractivity contribution in [2.45, 2.75) is 32.8 Å². The van der Waals surface area contributed by atoms with Gasteiger partial charge in [0, 0.05) is 6.54 Å². The molecule has 0 aromatic heterocycles. The zero-order chi connectivity index (χ0) is 11.2. The molecular formula is C9H16NO4. The molecule has 0 heterocycles. The number of hydrogen-bond acceptors (Lipinski definition) is 3. The molecule has 1 radical (unpaired) electrons. The van der Waals surface area contributed by atoms with E-state index >= 15 is 0 Å². The average Bonchev–Trinajstić information content (AvgIpc) is 1.94. The minimum absolute atomic E-state index is 0.265. The van der Waals surface area contributed by atoms with Gasteiger partial charge in [0.05, 0.1) is 6.42 Å². The first-order chi connectivity index (χ1) is 6.31. The Morgan fingerprint density at radius 2 is 2.00 bits per heavy atom. The molecule has 5 heteroatoms. The topological polar surface area (TPSA) is 75.6 Å². The Kier molecular flexibility index (Phi) is 4.97. The highest BCUT2D eigenvalue weighted by molar-refractivity contribution is 5.76. The Bertz CT molecular complexity index is 207. The second kappa shape index (κ2) is 5.47. The summed E-state index contributed by atoms with van der Waals surface area (Å²) in [5.41, 5.74) is -0.527. The number of carboxylic acid groups (broad SMARTS) is 1. The van der Waals surface area contributed by atoms with Gasteiger partial charge in [-0.2, -0.15) is 0 Å². The van der Waals surface area contributed by atoms with E-state index in [-0.39, 0.29) is 13.0 Å². The monoisotopic (exact) mass is 202 g/mol. The van der Waals surface area contributed by atoms with Crippen molar-refractivity contribution in [2.24, 2.45) is 0 Å². The Morgan fingerprint density at radius 1 is 1.43 bits per heavy atom. The third kappa shape index (κ3) is 8.83. The highest BCUT2D eigenvalue weighted by Crippen LogP contribution is 2.06. The van der Waals surface area contributed by atoms with E-state index in [0.717, 1.165) is 6.42 Å². The lowest BCUT2D eigenvalue weighted by atomic mass is 10.2. The van der Waals surface area contributed by atoms with Crippen LogP contribution < -0.4 is 5.32 Å². The van der Waals surface area contributed by atoms with E-state index < -0.39 is 17.7 Å². The molecule has 0 aromatic rings. The lowest BCUT2D eigenvalue weighted by molar-refractivity contribution is -0.133. The largest absolute Gasteiger partial charge is 0.481 e. The van der Waals surface area contributed by atoms with Crippen LogP contribution in [0.5, 0.6) is 0 Å². The third-order valence-electron chi connectivity index (χ3n) is 1.13. The Hall–Kier alpha value is -1.26. The molecule has 0 bridgehead atoms. The first-order valence-corrected chi connectivity index (χ1v) is 4.34. The number of rotatable bonds is 4.